The summed E-state index contributed by atoms with van der Waals surface area (Å²) in [6, 6.07) is 10.4. The van der Waals surface area contributed by atoms with E-state index < -0.39 is 11.4 Å². The maximum atomic E-state index is 11.8. The van der Waals surface area contributed by atoms with E-state index in [-0.39, 0.29) is 24.5 Å². The van der Waals surface area contributed by atoms with Crippen LogP contribution >= 0.6 is 12.4 Å². The van der Waals surface area contributed by atoms with Crippen molar-refractivity contribution in [1.29, 1.82) is 0 Å². The molecule has 1 unspecified atom stereocenters. The highest BCUT2D eigenvalue weighted by atomic mass is 35.5. The quantitative estimate of drug-likeness (QED) is 0.217. The van der Waals surface area contributed by atoms with E-state index in [1.807, 2.05) is 32.0 Å². The molecule has 182 valence electrons. The van der Waals surface area contributed by atoms with Gasteiger partial charge >= 0.3 is 5.97 Å². The second-order valence-corrected chi connectivity index (χ2v) is 9.44. The lowest BCUT2D eigenvalue weighted by Crippen LogP contribution is -2.34. The summed E-state index contributed by atoms with van der Waals surface area (Å²) in [4.78, 5) is 11.8. The molecule has 0 aliphatic carbocycles. The fourth-order valence-corrected chi connectivity index (χ4v) is 4.20. The Morgan fingerprint density at radius 3 is 1.65 bits per heavy atom. The summed E-state index contributed by atoms with van der Waals surface area (Å²) >= 11 is 0. The van der Waals surface area contributed by atoms with Crippen LogP contribution in [0.25, 0.3) is 0 Å². The molecule has 1 aromatic carbocycles. The number of aliphatic carboxylic acids is 1. The van der Waals surface area contributed by atoms with Gasteiger partial charge in [-0.2, -0.15) is 0 Å². The highest BCUT2D eigenvalue weighted by Crippen LogP contribution is 2.34. The maximum Gasteiger partial charge on any atom is 0.309 e. The van der Waals surface area contributed by atoms with E-state index in [0.717, 1.165) is 19.3 Å². The monoisotopic (exact) mass is 455 g/mol. The van der Waals surface area contributed by atoms with Crippen molar-refractivity contribution in [3.05, 3.63) is 35.9 Å². The standard InChI is InChI=1S/C27H46O2.ClH.H3N/c1-4-5-6-7-8-9-10-11-12-13-14-15-19-22-25(27(2,3)26(28)29)23-24-20-17-16-18-21-24;;/h16-18,20-21,25H,4-15,19,22-23H2,1-3H3,(H,28,29);1H;1H3. The second kappa shape index (κ2) is 19.6. The first-order chi connectivity index (χ1) is 14.0. The molecule has 0 heterocycles. The molecule has 0 saturated heterocycles. The molecule has 0 bridgehead atoms. The van der Waals surface area contributed by atoms with Crippen LogP contribution in [0.1, 0.15) is 116 Å². The third-order valence-corrected chi connectivity index (χ3v) is 6.55. The Kier molecular flexibility index (Phi) is 20.3. The van der Waals surface area contributed by atoms with Crippen molar-refractivity contribution in [2.75, 3.05) is 0 Å². The molecule has 4 heteroatoms. The molecule has 1 atom stereocenters. The first-order valence-electron chi connectivity index (χ1n) is 12.3. The number of carboxylic acid groups (broad SMARTS) is 1. The predicted molar refractivity (Wildman–Crippen MR) is 138 cm³/mol. The summed E-state index contributed by atoms with van der Waals surface area (Å²) in [5, 5.41) is 9.69. The van der Waals surface area contributed by atoms with Crippen molar-refractivity contribution in [1.82, 2.24) is 6.15 Å². The molecular formula is C27H50ClNO2. The molecule has 4 N–H and O–H groups in total. The second-order valence-electron chi connectivity index (χ2n) is 9.44. The van der Waals surface area contributed by atoms with Gasteiger partial charge < -0.3 is 11.3 Å². The first-order valence-corrected chi connectivity index (χ1v) is 12.3. The molecule has 3 nitrogen and oxygen atoms in total. The Morgan fingerprint density at radius 2 is 1.23 bits per heavy atom. The molecule has 1 rings (SSSR count). The van der Waals surface area contributed by atoms with Gasteiger partial charge in [-0.15, -0.1) is 12.4 Å². The largest absolute Gasteiger partial charge is 0.481 e. The Hall–Kier alpha value is -1.06. The molecule has 0 aromatic heterocycles. The smallest absolute Gasteiger partial charge is 0.309 e. The van der Waals surface area contributed by atoms with E-state index in [1.165, 1.54) is 82.6 Å². The fraction of sp³-hybridized carbons (Fsp3) is 0.741. The number of halogens is 1. The van der Waals surface area contributed by atoms with E-state index in [9.17, 15) is 9.90 Å². The molecule has 0 aliphatic rings. The van der Waals surface area contributed by atoms with E-state index >= 15 is 0 Å². The van der Waals surface area contributed by atoms with Crippen molar-refractivity contribution in [2.24, 2.45) is 11.3 Å². The lowest BCUT2D eigenvalue weighted by atomic mass is 9.73. The summed E-state index contributed by atoms with van der Waals surface area (Å²) in [5.74, 6) is -0.483. The topological polar surface area (TPSA) is 72.3 Å². The highest BCUT2D eigenvalue weighted by Gasteiger charge is 2.36. The van der Waals surface area contributed by atoms with Gasteiger partial charge in [0.25, 0.3) is 0 Å². The molecule has 0 spiro atoms. The van der Waals surface area contributed by atoms with Gasteiger partial charge in [0.2, 0.25) is 0 Å². The van der Waals surface area contributed by atoms with Crippen molar-refractivity contribution in [3.8, 4) is 0 Å². The summed E-state index contributed by atoms with van der Waals surface area (Å²) in [7, 11) is 0. The zero-order chi connectivity index (χ0) is 21.4. The van der Waals surface area contributed by atoms with Gasteiger partial charge in [-0.05, 0) is 38.2 Å². The zero-order valence-corrected chi connectivity index (χ0v) is 21.4. The third kappa shape index (κ3) is 14.6. The van der Waals surface area contributed by atoms with Gasteiger partial charge in [-0.25, -0.2) is 0 Å². The molecule has 0 fully saturated rings. The van der Waals surface area contributed by atoms with Crippen LogP contribution in [-0.2, 0) is 11.2 Å². The summed E-state index contributed by atoms with van der Waals surface area (Å²) in [6.45, 7) is 6.06. The van der Waals surface area contributed by atoms with E-state index in [1.54, 1.807) is 0 Å². The van der Waals surface area contributed by atoms with Gasteiger partial charge in [-0.3, -0.25) is 4.79 Å². The van der Waals surface area contributed by atoms with Crippen LogP contribution in [0.15, 0.2) is 30.3 Å². The van der Waals surface area contributed by atoms with Crippen molar-refractivity contribution < 1.29 is 9.90 Å². The van der Waals surface area contributed by atoms with Gasteiger partial charge in [0, 0.05) is 0 Å². The molecule has 0 amide bonds. The van der Waals surface area contributed by atoms with Gasteiger partial charge in [0.05, 0.1) is 5.41 Å². The van der Waals surface area contributed by atoms with Crippen molar-refractivity contribution >= 4 is 18.4 Å². The highest BCUT2D eigenvalue weighted by molar-refractivity contribution is 5.85. The number of unbranched alkanes of at least 4 members (excludes halogenated alkanes) is 12. The Morgan fingerprint density at radius 1 is 0.806 bits per heavy atom. The van der Waals surface area contributed by atoms with Crippen molar-refractivity contribution in [3.63, 3.8) is 0 Å². The van der Waals surface area contributed by atoms with Crippen LogP contribution in [0.2, 0.25) is 0 Å². The SMILES string of the molecule is CCCCCCCCCCCCCCCC(Cc1ccccc1)C(C)(C)C(=O)O.Cl.N. The molecule has 0 saturated carbocycles. The molecule has 31 heavy (non-hydrogen) atoms. The number of rotatable bonds is 18. The number of carboxylic acids is 1. The Bertz CT molecular complexity index is 533. The molecular weight excluding hydrogens is 406 g/mol. The maximum absolute atomic E-state index is 11.8. The predicted octanol–water partition coefficient (Wildman–Crippen LogP) is 9.02. The first kappa shape index (κ1) is 32.1. The van der Waals surface area contributed by atoms with Crippen LogP contribution in [0.5, 0.6) is 0 Å². The Balaban J connectivity index is 0. The van der Waals surface area contributed by atoms with Crippen LogP contribution in [0.4, 0.5) is 0 Å². The number of benzene rings is 1. The summed E-state index contributed by atoms with van der Waals surface area (Å²) in [5.41, 5.74) is 0.578. The normalized spacial score (nSPS) is 12.0. The number of hydrogen-bond donors (Lipinski definition) is 2. The van der Waals surface area contributed by atoms with Crippen LogP contribution in [-0.4, -0.2) is 11.1 Å². The number of carbonyl (C=O) groups is 1. The lowest BCUT2D eigenvalue weighted by Gasteiger charge is -2.31. The van der Waals surface area contributed by atoms with Crippen LogP contribution in [0.3, 0.4) is 0 Å². The fourth-order valence-electron chi connectivity index (χ4n) is 4.20. The molecule has 0 radical (unpaired) electrons. The average Bonchev–Trinajstić information content (AvgIpc) is 2.71. The zero-order valence-electron chi connectivity index (χ0n) is 20.5. The third-order valence-electron chi connectivity index (χ3n) is 6.55. The number of hydrogen-bond acceptors (Lipinski definition) is 2. The van der Waals surface area contributed by atoms with E-state index in [2.05, 4.69) is 19.1 Å². The van der Waals surface area contributed by atoms with E-state index in [0.29, 0.717) is 0 Å². The molecule has 0 aliphatic heterocycles. The van der Waals surface area contributed by atoms with Crippen LogP contribution < -0.4 is 6.15 Å². The van der Waals surface area contributed by atoms with Gasteiger partial charge in [0.15, 0.2) is 0 Å². The minimum Gasteiger partial charge on any atom is -0.481 e. The van der Waals surface area contributed by atoms with E-state index in [4.69, 9.17) is 0 Å². The van der Waals surface area contributed by atoms with Gasteiger partial charge in [0.1, 0.15) is 0 Å². The van der Waals surface area contributed by atoms with Gasteiger partial charge in [-0.1, -0.05) is 121 Å². The Labute approximate surface area is 198 Å². The van der Waals surface area contributed by atoms with Crippen molar-refractivity contribution in [2.45, 2.75) is 117 Å². The summed E-state index contributed by atoms with van der Waals surface area (Å²) in [6.07, 6.45) is 19.4. The minimum absolute atomic E-state index is 0. The lowest BCUT2D eigenvalue weighted by molar-refractivity contribution is -0.150. The van der Waals surface area contributed by atoms with Crippen LogP contribution in [0, 0.1) is 11.3 Å². The minimum atomic E-state index is -0.674. The summed E-state index contributed by atoms with van der Waals surface area (Å²) < 4.78 is 0. The average molecular weight is 456 g/mol. The molecule has 1 aromatic rings.